The molecule has 0 aromatic heterocycles. The van der Waals surface area contributed by atoms with E-state index < -0.39 is 0 Å². The first kappa shape index (κ1) is 7.72. The Morgan fingerprint density at radius 1 is 1.88 bits per heavy atom. The summed E-state index contributed by atoms with van der Waals surface area (Å²) in [6.45, 7) is 0.784. The first-order chi connectivity index (χ1) is 3.34. The van der Waals surface area contributed by atoms with Crippen LogP contribution in [0.15, 0.2) is 0 Å². The summed E-state index contributed by atoms with van der Waals surface area (Å²) in [5.41, 5.74) is 0. The summed E-state index contributed by atoms with van der Waals surface area (Å²) >= 11 is 0. The van der Waals surface area contributed by atoms with Gasteiger partial charge in [-0.15, -0.1) is 12.4 Å². The highest BCUT2D eigenvalue weighted by Crippen LogP contribution is 1.96. The van der Waals surface area contributed by atoms with Crippen molar-refractivity contribution in [1.29, 1.82) is 0 Å². The van der Waals surface area contributed by atoms with Crippen LogP contribution in [0.4, 0.5) is 0 Å². The molecule has 1 rings (SSSR count). The van der Waals surface area contributed by atoms with Gasteiger partial charge in [-0.05, 0) is 0 Å². The predicted molar refractivity (Wildman–Crippen MR) is 31.1 cm³/mol. The van der Waals surface area contributed by atoms with Crippen LogP contribution >= 0.6 is 12.4 Å². The lowest BCUT2D eigenvalue weighted by atomic mass is 10.5. The number of rotatable bonds is 1. The van der Waals surface area contributed by atoms with E-state index in [9.17, 15) is 4.79 Å². The molecule has 1 N–H and O–H groups in total. The number of ether oxygens (including phenoxy) is 1. The first-order valence-electron chi connectivity index (χ1n) is 2.16. The second-order valence-corrected chi connectivity index (χ2v) is 1.48. The standard InChI is InChI=1S/C4H7NO2.ClH/c1-7-4(6)3-2-5-3;/h3,5H,2H2,1H3;1H/t3-;/m1./s1. The van der Waals surface area contributed by atoms with Gasteiger partial charge in [0.25, 0.3) is 0 Å². The van der Waals surface area contributed by atoms with Crippen molar-refractivity contribution in [3.8, 4) is 0 Å². The molecule has 0 radical (unpaired) electrons. The van der Waals surface area contributed by atoms with E-state index in [1.54, 1.807) is 0 Å². The Hall–Kier alpha value is -0.280. The number of nitrogens with one attached hydrogen (secondary N) is 1. The van der Waals surface area contributed by atoms with Gasteiger partial charge in [-0.2, -0.15) is 0 Å². The number of methoxy groups -OCH3 is 1. The van der Waals surface area contributed by atoms with Crippen molar-refractivity contribution in [3.05, 3.63) is 0 Å². The first-order valence-corrected chi connectivity index (χ1v) is 2.16. The van der Waals surface area contributed by atoms with Crippen LogP contribution < -0.4 is 5.32 Å². The topological polar surface area (TPSA) is 48.2 Å². The van der Waals surface area contributed by atoms with Crippen LogP contribution in [0.1, 0.15) is 0 Å². The molecule has 8 heavy (non-hydrogen) atoms. The van der Waals surface area contributed by atoms with E-state index in [2.05, 4.69) is 10.1 Å². The molecule has 1 saturated heterocycles. The van der Waals surface area contributed by atoms with Crippen LogP contribution in [0.2, 0.25) is 0 Å². The van der Waals surface area contributed by atoms with Gasteiger partial charge in [0.2, 0.25) is 0 Å². The van der Waals surface area contributed by atoms with Gasteiger partial charge in [0, 0.05) is 6.54 Å². The van der Waals surface area contributed by atoms with Crippen molar-refractivity contribution in [2.75, 3.05) is 13.7 Å². The van der Waals surface area contributed by atoms with E-state index in [1.807, 2.05) is 0 Å². The number of hydrogen-bond donors (Lipinski definition) is 1. The van der Waals surface area contributed by atoms with Crippen LogP contribution in [-0.4, -0.2) is 25.7 Å². The quantitative estimate of drug-likeness (QED) is 0.394. The highest BCUT2D eigenvalue weighted by molar-refractivity contribution is 5.85. The minimum Gasteiger partial charge on any atom is -0.468 e. The van der Waals surface area contributed by atoms with Gasteiger partial charge in [-0.1, -0.05) is 0 Å². The largest absolute Gasteiger partial charge is 0.468 e. The fourth-order valence-corrected chi connectivity index (χ4v) is 0.368. The molecule has 0 aromatic rings. The third-order valence-corrected chi connectivity index (χ3v) is 0.894. The minimum atomic E-state index is -0.153. The minimum absolute atomic E-state index is 0. The number of esters is 1. The molecule has 48 valence electrons. The summed E-state index contributed by atoms with van der Waals surface area (Å²) < 4.78 is 4.37. The Balaban J connectivity index is 0.000000490. The van der Waals surface area contributed by atoms with E-state index in [4.69, 9.17) is 0 Å². The SMILES string of the molecule is COC(=O)[C@H]1CN1.Cl. The Morgan fingerprint density at radius 2 is 2.38 bits per heavy atom. The fraction of sp³-hybridized carbons (Fsp3) is 0.750. The van der Waals surface area contributed by atoms with Gasteiger partial charge in [0.1, 0.15) is 6.04 Å². The van der Waals surface area contributed by atoms with Crippen LogP contribution in [0, 0.1) is 0 Å². The summed E-state index contributed by atoms with van der Waals surface area (Å²) in [6.07, 6.45) is 0. The average Bonchev–Trinajstić information content (AvgIpc) is 2.44. The maximum absolute atomic E-state index is 10.3. The second kappa shape index (κ2) is 2.89. The Labute approximate surface area is 53.8 Å². The zero-order valence-electron chi connectivity index (χ0n) is 4.51. The van der Waals surface area contributed by atoms with Crippen molar-refractivity contribution in [3.63, 3.8) is 0 Å². The monoisotopic (exact) mass is 137 g/mol. The average molecular weight is 138 g/mol. The zero-order chi connectivity index (χ0) is 5.28. The van der Waals surface area contributed by atoms with Crippen molar-refractivity contribution < 1.29 is 9.53 Å². The van der Waals surface area contributed by atoms with Crippen LogP contribution in [-0.2, 0) is 9.53 Å². The lowest BCUT2D eigenvalue weighted by molar-refractivity contribution is -0.139. The van der Waals surface area contributed by atoms with Crippen molar-refractivity contribution in [2.45, 2.75) is 6.04 Å². The molecule has 0 unspecified atom stereocenters. The van der Waals surface area contributed by atoms with E-state index >= 15 is 0 Å². The summed E-state index contributed by atoms with van der Waals surface area (Å²) in [5, 5.41) is 2.81. The van der Waals surface area contributed by atoms with Crippen molar-refractivity contribution >= 4 is 18.4 Å². The van der Waals surface area contributed by atoms with Crippen LogP contribution in [0.3, 0.4) is 0 Å². The Bertz CT molecular complexity index is 92.0. The number of carbonyl (C=O) groups is 1. The molecule has 1 heterocycles. The van der Waals surface area contributed by atoms with Gasteiger partial charge in [-0.25, -0.2) is 0 Å². The molecule has 0 bridgehead atoms. The van der Waals surface area contributed by atoms with Gasteiger partial charge >= 0.3 is 5.97 Å². The Morgan fingerprint density at radius 3 is 2.50 bits per heavy atom. The lowest BCUT2D eigenvalue weighted by Crippen LogP contribution is -2.10. The maximum atomic E-state index is 10.3. The van der Waals surface area contributed by atoms with Gasteiger partial charge in [-0.3, -0.25) is 4.79 Å². The molecule has 3 nitrogen and oxygen atoms in total. The van der Waals surface area contributed by atoms with Crippen molar-refractivity contribution in [2.24, 2.45) is 0 Å². The van der Waals surface area contributed by atoms with Crippen LogP contribution in [0.5, 0.6) is 0 Å². The molecular weight excluding hydrogens is 130 g/mol. The summed E-state index contributed by atoms with van der Waals surface area (Å²) in [5.74, 6) is -0.153. The molecular formula is C4H8ClNO2. The smallest absolute Gasteiger partial charge is 0.324 e. The molecule has 1 fully saturated rings. The predicted octanol–water partition coefficient (Wildman–Crippen LogP) is -0.447. The van der Waals surface area contributed by atoms with E-state index in [0.717, 1.165) is 6.54 Å². The van der Waals surface area contributed by atoms with Crippen LogP contribution in [0.25, 0.3) is 0 Å². The second-order valence-electron chi connectivity index (χ2n) is 1.48. The number of carbonyl (C=O) groups excluding carboxylic acids is 1. The molecule has 0 spiro atoms. The maximum Gasteiger partial charge on any atom is 0.324 e. The summed E-state index contributed by atoms with van der Waals surface area (Å²) in [7, 11) is 1.39. The van der Waals surface area contributed by atoms with E-state index in [-0.39, 0.29) is 24.4 Å². The van der Waals surface area contributed by atoms with Crippen molar-refractivity contribution in [1.82, 2.24) is 5.32 Å². The van der Waals surface area contributed by atoms with Gasteiger partial charge in [0.15, 0.2) is 0 Å². The van der Waals surface area contributed by atoms with E-state index in [1.165, 1.54) is 7.11 Å². The number of halogens is 1. The van der Waals surface area contributed by atoms with E-state index in [0.29, 0.717) is 0 Å². The Kier molecular flexibility index (Phi) is 2.79. The molecule has 0 saturated carbocycles. The highest BCUT2D eigenvalue weighted by Gasteiger charge is 2.29. The molecule has 0 amide bonds. The molecule has 1 atom stereocenters. The highest BCUT2D eigenvalue weighted by atomic mass is 35.5. The number of hydrogen-bond acceptors (Lipinski definition) is 3. The zero-order valence-corrected chi connectivity index (χ0v) is 5.33. The normalized spacial score (nSPS) is 23.4. The molecule has 4 heteroatoms. The summed E-state index contributed by atoms with van der Waals surface area (Å²) in [6, 6.07) is 0.00463. The third-order valence-electron chi connectivity index (χ3n) is 0.894. The molecule has 1 aliphatic rings. The fourth-order valence-electron chi connectivity index (χ4n) is 0.368. The third kappa shape index (κ3) is 1.68. The molecule has 1 aliphatic heterocycles. The van der Waals surface area contributed by atoms with Gasteiger partial charge < -0.3 is 10.1 Å². The lowest BCUT2D eigenvalue weighted by Gasteiger charge is -1.88. The summed E-state index contributed by atoms with van der Waals surface area (Å²) in [4.78, 5) is 10.3. The molecule has 0 aromatic carbocycles. The van der Waals surface area contributed by atoms with Gasteiger partial charge in [0.05, 0.1) is 7.11 Å². The molecule has 0 aliphatic carbocycles.